The largest absolute Gasteiger partial charge is 0.458 e. The maximum atomic E-state index is 13.5. The number of cyclic esters (lactones) is 1. The molecule has 1 atom stereocenters. The van der Waals surface area contributed by atoms with E-state index in [1.54, 1.807) is 23.8 Å². The highest BCUT2D eigenvalue weighted by Gasteiger charge is 2.45. The minimum Gasteiger partial charge on any atom is -0.458 e. The number of hydrogen-bond acceptors (Lipinski definition) is 7. The van der Waals surface area contributed by atoms with E-state index in [-0.39, 0.29) is 18.6 Å². The van der Waals surface area contributed by atoms with E-state index in [0.29, 0.717) is 42.1 Å². The number of pyridine rings is 2. The van der Waals surface area contributed by atoms with Gasteiger partial charge in [0.15, 0.2) is 5.60 Å². The molecule has 0 radical (unpaired) electrons. The lowest BCUT2D eigenvalue weighted by Gasteiger charge is -2.31. The van der Waals surface area contributed by atoms with Crippen molar-refractivity contribution in [3.8, 4) is 11.4 Å². The number of carbonyl (C=O) groups is 1. The Morgan fingerprint density at radius 2 is 1.92 bits per heavy atom. The third-order valence-corrected chi connectivity index (χ3v) is 7.23. The van der Waals surface area contributed by atoms with Crippen LogP contribution >= 0.6 is 0 Å². The van der Waals surface area contributed by atoms with E-state index in [0.717, 1.165) is 27.6 Å². The molecule has 37 heavy (non-hydrogen) atoms. The summed E-state index contributed by atoms with van der Waals surface area (Å²) in [5, 5.41) is 16.2. The highest BCUT2D eigenvalue weighted by atomic mass is 16.6. The monoisotopic (exact) mass is 495 g/mol. The number of esters is 1. The minimum atomic E-state index is -1.85. The summed E-state index contributed by atoms with van der Waals surface area (Å²) in [5.41, 5.74) is 3.49. The second kappa shape index (κ2) is 8.97. The molecule has 8 heteroatoms. The number of hydrogen-bond donors (Lipinski definition) is 1. The summed E-state index contributed by atoms with van der Waals surface area (Å²) in [6, 6.07) is 19.4. The minimum absolute atomic E-state index is 0.102. The fraction of sp³-hybridized carbons (Fsp3) is 0.241. The molecule has 8 nitrogen and oxygen atoms in total. The molecule has 4 aromatic rings. The number of nitrogens with zero attached hydrogens (tertiary/aromatic N) is 3. The summed E-state index contributed by atoms with van der Waals surface area (Å²) >= 11 is 0. The number of benzene rings is 2. The van der Waals surface area contributed by atoms with Gasteiger partial charge in [-0.15, -0.1) is 0 Å². The summed E-state index contributed by atoms with van der Waals surface area (Å²) in [6.45, 7) is 2.25. The molecule has 2 aliphatic heterocycles. The van der Waals surface area contributed by atoms with Gasteiger partial charge in [0.05, 0.1) is 29.0 Å². The smallest absolute Gasteiger partial charge is 0.343 e. The van der Waals surface area contributed by atoms with E-state index in [9.17, 15) is 14.7 Å². The van der Waals surface area contributed by atoms with Crippen LogP contribution in [0, 0.1) is 0 Å². The fourth-order valence-electron chi connectivity index (χ4n) is 5.21. The molecular weight excluding hydrogens is 470 g/mol. The van der Waals surface area contributed by atoms with Gasteiger partial charge in [-0.05, 0) is 29.7 Å². The van der Waals surface area contributed by atoms with Gasteiger partial charge in [-0.3, -0.25) is 4.79 Å². The average Bonchev–Trinajstić information content (AvgIpc) is 3.29. The van der Waals surface area contributed by atoms with Crippen LogP contribution in [-0.4, -0.2) is 26.8 Å². The number of fused-ring (bicyclic) bond motifs is 5. The highest BCUT2D eigenvalue weighted by molar-refractivity contribution is 5.90. The molecule has 0 saturated heterocycles. The summed E-state index contributed by atoms with van der Waals surface area (Å²) in [6.07, 6.45) is 2.32. The van der Waals surface area contributed by atoms with Gasteiger partial charge < -0.3 is 19.2 Å². The third-order valence-electron chi connectivity index (χ3n) is 7.23. The van der Waals surface area contributed by atoms with Gasteiger partial charge in [0, 0.05) is 29.1 Å². The molecule has 0 fully saturated rings. The van der Waals surface area contributed by atoms with Gasteiger partial charge in [0.25, 0.3) is 5.56 Å². The summed E-state index contributed by atoms with van der Waals surface area (Å²) in [5.74, 6) is -0.732. The van der Waals surface area contributed by atoms with E-state index in [4.69, 9.17) is 14.6 Å². The van der Waals surface area contributed by atoms with Crippen LogP contribution in [0.2, 0.25) is 0 Å². The van der Waals surface area contributed by atoms with Crippen LogP contribution in [-0.2, 0) is 46.1 Å². The average molecular weight is 496 g/mol. The third kappa shape index (κ3) is 3.72. The Morgan fingerprint density at radius 3 is 2.73 bits per heavy atom. The Morgan fingerprint density at radius 1 is 1.14 bits per heavy atom. The predicted octanol–water partition coefficient (Wildman–Crippen LogP) is 3.82. The van der Waals surface area contributed by atoms with Crippen LogP contribution in [0.5, 0.6) is 0 Å². The van der Waals surface area contributed by atoms with Crippen LogP contribution in [0.4, 0.5) is 0 Å². The fourth-order valence-corrected chi connectivity index (χ4v) is 5.21. The van der Waals surface area contributed by atoms with E-state index in [1.165, 1.54) is 0 Å². The zero-order valence-corrected chi connectivity index (χ0v) is 20.3. The SMILES string of the molecule is CC[C@@]1(O)C(=O)OCc2c1cc1n(c2=O)Cc2c-1nc1ccccc1c2C/C=N/OCc1ccccc1. The number of aromatic nitrogens is 2. The van der Waals surface area contributed by atoms with Crippen molar-refractivity contribution in [1.29, 1.82) is 0 Å². The van der Waals surface area contributed by atoms with Gasteiger partial charge >= 0.3 is 5.97 Å². The first-order valence-electron chi connectivity index (χ1n) is 12.3. The van der Waals surface area contributed by atoms with Crippen molar-refractivity contribution in [2.45, 2.75) is 45.1 Å². The number of carbonyl (C=O) groups excluding carboxylic acids is 1. The van der Waals surface area contributed by atoms with Crippen LogP contribution in [0.1, 0.15) is 41.2 Å². The Labute approximate surface area is 212 Å². The molecule has 0 saturated carbocycles. The second-order valence-electron chi connectivity index (χ2n) is 9.29. The summed E-state index contributed by atoms with van der Waals surface area (Å²) < 4.78 is 6.82. The van der Waals surface area contributed by atoms with Gasteiger partial charge in [-0.2, -0.15) is 0 Å². The van der Waals surface area contributed by atoms with Crippen LogP contribution < -0.4 is 5.56 Å². The summed E-state index contributed by atoms with van der Waals surface area (Å²) in [7, 11) is 0. The Balaban J connectivity index is 1.41. The lowest BCUT2D eigenvalue weighted by Crippen LogP contribution is -2.44. The van der Waals surface area contributed by atoms with Crippen molar-refractivity contribution in [1.82, 2.24) is 9.55 Å². The van der Waals surface area contributed by atoms with Crippen molar-refractivity contribution in [3.05, 3.63) is 98.8 Å². The lowest BCUT2D eigenvalue weighted by atomic mass is 9.86. The van der Waals surface area contributed by atoms with Gasteiger partial charge in [0.2, 0.25) is 0 Å². The molecule has 0 bridgehead atoms. The van der Waals surface area contributed by atoms with E-state index < -0.39 is 11.6 Å². The predicted molar refractivity (Wildman–Crippen MR) is 138 cm³/mol. The van der Waals surface area contributed by atoms with Crippen molar-refractivity contribution in [3.63, 3.8) is 0 Å². The molecule has 186 valence electrons. The van der Waals surface area contributed by atoms with Crippen LogP contribution in [0.25, 0.3) is 22.3 Å². The number of aliphatic hydroxyl groups is 1. The first-order chi connectivity index (χ1) is 18.0. The topological polar surface area (TPSA) is 103 Å². The lowest BCUT2D eigenvalue weighted by molar-refractivity contribution is -0.172. The van der Waals surface area contributed by atoms with Gasteiger partial charge in [-0.1, -0.05) is 60.6 Å². The molecule has 6 rings (SSSR count). The molecule has 0 spiro atoms. The zero-order valence-electron chi connectivity index (χ0n) is 20.3. The van der Waals surface area contributed by atoms with Gasteiger partial charge in [0.1, 0.15) is 13.2 Å². The van der Waals surface area contributed by atoms with Crippen molar-refractivity contribution in [2.75, 3.05) is 0 Å². The Kier molecular flexibility index (Phi) is 5.61. The summed E-state index contributed by atoms with van der Waals surface area (Å²) in [4.78, 5) is 36.3. The molecule has 2 aliphatic rings. The van der Waals surface area contributed by atoms with Crippen molar-refractivity contribution in [2.24, 2.45) is 5.16 Å². The standard InChI is InChI=1S/C29H25N3O5/c1-2-29(35)23-14-25-26-21(15-32(25)27(33)22(23)17-36-28(29)34)19(20-10-6-7-11-24(20)31-26)12-13-30-37-16-18-8-4-3-5-9-18/h3-11,13-14,35H,2,12,15-17H2,1H3/b30-13+/t29-/m0/s1. The first-order valence-corrected chi connectivity index (χ1v) is 12.3. The van der Waals surface area contributed by atoms with Crippen molar-refractivity contribution >= 4 is 23.1 Å². The van der Waals surface area contributed by atoms with E-state index >= 15 is 0 Å². The zero-order chi connectivity index (χ0) is 25.6. The maximum absolute atomic E-state index is 13.5. The second-order valence-corrected chi connectivity index (χ2v) is 9.29. The molecule has 2 aromatic heterocycles. The molecular formula is C29H25N3O5. The Bertz CT molecular complexity index is 1630. The molecule has 4 heterocycles. The molecule has 0 unspecified atom stereocenters. The molecule has 1 N–H and O–H groups in total. The first kappa shape index (κ1) is 23.1. The van der Waals surface area contributed by atoms with Crippen molar-refractivity contribution < 1.29 is 19.5 Å². The van der Waals surface area contributed by atoms with E-state index in [1.807, 2.05) is 54.6 Å². The number of ether oxygens (including phenoxy) is 1. The van der Waals surface area contributed by atoms with Gasteiger partial charge in [-0.25, -0.2) is 9.78 Å². The molecule has 2 aromatic carbocycles. The maximum Gasteiger partial charge on any atom is 0.343 e. The van der Waals surface area contributed by atoms with Crippen LogP contribution in [0.3, 0.4) is 0 Å². The Hall–Kier alpha value is -4.30. The molecule has 0 aliphatic carbocycles. The van der Waals surface area contributed by atoms with E-state index in [2.05, 4.69) is 5.16 Å². The highest BCUT2D eigenvalue weighted by Crippen LogP contribution is 2.40. The van der Waals surface area contributed by atoms with Crippen LogP contribution in [0.15, 0.2) is 70.6 Å². The quantitative estimate of drug-likeness (QED) is 0.218. The number of oxime groups is 1. The number of rotatable bonds is 6. The number of para-hydroxylation sites is 1. The molecule has 0 amide bonds. The normalized spacial score (nSPS) is 17.9.